The van der Waals surface area contributed by atoms with Crippen LogP contribution >= 0.6 is 11.6 Å². The quantitative estimate of drug-likeness (QED) is 0.837. The maximum atomic E-state index is 12.7. The summed E-state index contributed by atoms with van der Waals surface area (Å²) in [5.74, 6) is -0.337. The highest BCUT2D eigenvalue weighted by Gasteiger charge is 2.47. The number of halogens is 1. The molecule has 6 nitrogen and oxygen atoms in total. The zero-order valence-corrected chi connectivity index (χ0v) is 13.8. The lowest BCUT2D eigenvalue weighted by Gasteiger charge is -2.33. The Hall–Kier alpha value is -2.73. The predicted molar refractivity (Wildman–Crippen MR) is 90.7 cm³/mol. The van der Waals surface area contributed by atoms with Gasteiger partial charge in [0.1, 0.15) is 11.5 Å². The number of carbonyl (C=O) groups is 2. The Bertz CT molecular complexity index is 824. The molecule has 1 aliphatic rings. The van der Waals surface area contributed by atoms with Crippen molar-refractivity contribution in [3.8, 4) is 11.5 Å². The fraction of sp³-hybridized carbons (Fsp3) is 0.176. The van der Waals surface area contributed by atoms with Crippen LogP contribution in [-0.2, 0) is 9.59 Å². The van der Waals surface area contributed by atoms with Crippen LogP contribution in [0.4, 0.5) is 11.4 Å². The van der Waals surface area contributed by atoms with Crippen LogP contribution in [0.1, 0.15) is 6.92 Å². The van der Waals surface area contributed by atoms with Crippen LogP contribution in [0.2, 0.25) is 5.02 Å². The number of fused-ring (bicyclic) bond motifs is 1. The Labute approximate surface area is 143 Å². The van der Waals surface area contributed by atoms with Crippen LogP contribution in [-0.4, -0.2) is 24.5 Å². The Balaban J connectivity index is 1.90. The number of carbonyl (C=O) groups excluding carboxylic acids is 2. The minimum atomic E-state index is -1.72. The van der Waals surface area contributed by atoms with Gasteiger partial charge in [0.05, 0.1) is 18.5 Å². The molecular formula is C17H15ClN2O4. The molecule has 0 spiro atoms. The minimum Gasteiger partial charge on any atom is -0.495 e. The Kier molecular flexibility index (Phi) is 4.07. The minimum absolute atomic E-state index is 0.353. The number of hydrogen-bond donors (Lipinski definition) is 2. The van der Waals surface area contributed by atoms with Crippen molar-refractivity contribution in [3.63, 3.8) is 0 Å². The maximum Gasteiger partial charge on any atom is 0.278 e. The van der Waals surface area contributed by atoms with Crippen molar-refractivity contribution in [2.24, 2.45) is 0 Å². The van der Waals surface area contributed by atoms with Gasteiger partial charge in [0.2, 0.25) is 0 Å². The number of ether oxygens (including phenoxy) is 2. The van der Waals surface area contributed by atoms with E-state index >= 15 is 0 Å². The number of hydrogen-bond acceptors (Lipinski definition) is 4. The van der Waals surface area contributed by atoms with Gasteiger partial charge in [-0.05, 0) is 37.3 Å². The Morgan fingerprint density at radius 3 is 2.79 bits per heavy atom. The zero-order chi connectivity index (χ0) is 17.3. The van der Waals surface area contributed by atoms with Crippen molar-refractivity contribution in [2.75, 3.05) is 17.7 Å². The largest absolute Gasteiger partial charge is 0.495 e. The molecule has 1 aliphatic heterocycles. The van der Waals surface area contributed by atoms with Crippen molar-refractivity contribution >= 4 is 34.8 Å². The van der Waals surface area contributed by atoms with Crippen LogP contribution in [0.15, 0.2) is 42.5 Å². The molecule has 1 atom stereocenters. The molecule has 24 heavy (non-hydrogen) atoms. The lowest BCUT2D eigenvalue weighted by molar-refractivity contribution is -0.143. The van der Waals surface area contributed by atoms with Crippen LogP contribution in [0.3, 0.4) is 0 Å². The van der Waals surface area contributed by atoms with Gasteiger partial charge in [-0.15, -0.1) is 0 Å². The summed E-state index contributed by atoms with van der Waals surface area (Å²) in [7, 11) is 1.47. The number of nitrogens with one attached hydrogen (secondary N) is 2. The first-order valence-corrected chi connectivity index (χ1v) is 7.56. The number of methoxy groups -OCH3 is 1. The second-order valence-corrected chi connectivity index (χ2v) is 5.82. The number of rotatable bonds is 3. The van der Waals surface area contributed by atoms with Crippen LogP contribution < -0.4 is 20.1 Å². The molecule has 2 aromatic carbocycles. The van der Waals surface area contributed by atoms with Crippen molar-refractivity contribution in [1.82, 2.24) is 0 Å². The first-order chi connectivity index (χ1) is 11.4. The highest BCUT2D eigenvalue weighted by Crippen LogP contribution is 2.35. The first kappa shape index (κ1) is 16.1. The van der Waals surface area contributed by atoms with E-state index in [9.17, 15) is 9.59 Å². The molecule has 1 unspecified atom stereocenters. The predicted octanol–water partition coefficient (Wildman–Crippen LogP) is 3.08. The topological polar surface area (TPSA) is 76.7 Å². The molecular weight excluding hydrogens is 332 g/mol. The van der Waals surface area contributed by atoms with E-state index < -0.39 is 17.4 Å². The van der Waals surface area contributed by atoms with Gasteiger partial charge in [0, 0.05) is 5.02 Å². The van der Waals surface area contributed by atoms with E-state index in [2.05, 4.69) is 10.6 Å². The molecule has 2 N–H and O–H groups in total. The fourth-order valence-corrected chi connectivity index (χ4v) is 2.51. The first-order valence-electron chi connectivity index (χ1n) is 7.18. The van der Waals surface area contributed by atoms with Gasteiger partial charge in [-0.1, -0.05) is 23.7 Å². The molecule has 0 saturated heterocycles. The summed E-state index contributed by atoms with van der Waals surface area (Å²) in [6.45, 7) is 1.41. The van der Waals surface area contributed by atoms with E-state index in [1.54, 1.807) is 36.4 Å². The normalized spacial score (nSPS) is 18.9. The van der Waals surface area contributed by atoms with Gasteiger partial charge in [-0.3, -0.25) is 9.59 Å². The number of para-hydroxylation sites is 2. The summed E-state index contributed by atoms with van der Waals surface area (Å²) in [4.78, 5) is 25.1. The lowest BCUT2D eigenvalue weighted by atomic mass is 10.0. The Morgan fingerprint density at radius 1 is 1.29 bits per heavy atom. The summed E-state index contributed by atoms with van der Waals surface area (Å²) in [5, 5.41) is 5.74. The molecule has 0 aliphatic carbocycles. The third-order valence-electron chi connectivity index (χ3n) is 3.73. The van der Waals surface area contributed by atoms with Gasteiger partial charge < -0.3 is 20.1 Å². The molecule has 0 bridgehead atoms. The Morgan fingerprint density at radius 2 is 2.04 bits per heavy atom. The molecule has 0 fully saturated rings. The van der Waals surface area contributed by atoms with E-state index in [-0.39, 0.29) is 0 Å². The third kappa shape index (κ3) is 2.76. The van der Waals surface area contributed by atoms with Gasteiger partial charge in [0.25, 0.3) is 17.4 Å². The average Bonchev–Trinajstić information content (AvgIpc) is 2.56. The maximum absolute atomic E-state index is 12.7. The van der Waals surface area contributed by atoms with E-state index in [1.807, 2.05) is 0 Å². The highest BCUT2D eigenvalue weighted by molar-refractivity contribution is 6.31. The van der Waals surface area contributed by atoms with Crippen molar-refractivity contribution in [2.45, 2.75) is 12.5 Å². The van der Waals surface area contributed by atoms with Gasteiger partial charge in [-0.2, -0.15) is 0 Å². The van der Waals surface area contributed by atoms with E-state index in [0.717, 1.165) is 0 Å². The molecule has 7 heteroatoms. The third-order valence-corrected chi connectivity index (χ3v) is 3.96. The SMILES string of the molecule is COc1ccc(Cl)cc1NC(=O)C1(C)Oc2ccccc2NC1=O. The molecule has 0 radical (unpaired) electrons. The van der Waals surface area contributed by atoms with Crippen molar-refractivity contribution in [1.29, 1.82) is 0 Å². The monoisotopic (exact) mass is 346 g/mol. The van der Waals surface area contributed by atoms with E-state index in [4.69, 9.17) is 21.1 Å². The smallest absolute Gasteiger partial charge is 0.278 e. The van der Waals surface area contributed by atoms with Crippen LogP contribution in [0.25, 0.3) is 0 Å². The second-order valence-electron chi connectivity index (χ2n) is 5.38. The lowest BCUT2D eigenvalue weighted by Crippen LogP contribution is -2.56. The van der Waals surface area contributed by atoms with E-state index in [1.165, 1.54) is 20.1 Å². The summed E-state index contributed by atoms with van der Waals surface area (Å²) in [5.41, 5.74) is -0.846. The molecule has 0 saturated carbocycles. The number of amides is 2. The summed E-state index contributed by atoms with van der Waals surface area (Å²) in [6, 6.07) is 11.7. The number of anilines is 2. The molecule has 2 aromatic rings. The summed E-state index contributed by atoms with van der Waals surface area (Å²) >= 11 is 5.96. The van der Waals surface area contributed by atoms with Gasteiger partial charge in [-0.25, -0.2) is 0 Å². The van der Waals surface area contributed by atoms with Crippen LogP contribution in [0.5, 0.6) is 11.5 Å². The molecule has 3 rings (SSSR count). The highest BCUT2D eigenvalue weighted by atomic mass is 35.5. The van der Waals surface area contributed by atoms with Crippen molar-refractivity contribution < 1.29 is 19.1 Å². The molecule has 2 amide bonds. The zero-order valence-electron chi connectivity index (χ0n) is 13.1. The fourth-order valence-electron chi connectivity index (χ4n) is 2.34. The van der Waals surface area contributed by atoms with Crippen LogP contribution in [0, 0.1) is 0 Å². The molecule has 124 valence electrons. The summed E-state index contributed by atoms with van der Waals surface area (Å²) in [6.07, 6.45) is 0. The summed E-state index contributed by atoms with van der Waals surface area (Å²) < 4.78 is 10.9. The molecule has 0 aromatic heterocycles. The van der Waals surface area contributed by atoms with Crippen molar-refractivity contribution in [3.05, 3.63) is 47.5 Å². The average molecular weight is 347 g/mol. The van der Waals surface area contributed by atoms with E-state index in [0.29, 0.717) is 27.9 Å². The van der Waals surface area contributed by atoms with Gasteiger partial charge in [0.15, 0.2) is 0 Å². The van der Waals surface area contributed by atoms with Gasteiger partial charge >= 0.3 is 0 Å². The standard InChI is InChI=1S/C17H15ClN2O4/c1-17(15(21)19-11-5-3-4-6-14(11)24-17)16(22)20-12-9-10(18)7-8-13(12)23-2/h3-9H,1-2H3,(H,19,21)(H,20,22). The number of benzene rings is 2. The second kappa shape index (κ2) is 6.05. The molecule has 1 heterocycles.